The average molecular weight is 267 g/mol. The van der Waals surface area contributed by atoms with Crippen LogP contribution in [0.1, 0.15) is 15.9 Å². The van der Waals surface area contributed by atoms with Crippen LogP contribution in [-0.4, -0.2) is 40.3 Å². The van der Waals surface area contributed by atoms with Gasteiger partial charge in [0, 0.05) is 0 Å². The van der Waals surface area contributed by atoms with Crippen molar-refractivity contribution in [3.8, 4) is 0 Å². The second kappa shape index (κ2) is 5.96. The highest BCUT2D eigenvalue weighted by Gasteiger charge is 2.31. The molecule has 0 aliphatic rings. The highest BCUT2D eigenvalue weighted by atomic mass is 16.6. The van der Waals surface area contributed by atoms with E-state index in [4.69, 9.17) is 10.2 Å². The Hall–Kier alpha value is -2.41. The van der Waals surface area contributed by atoms with Gasteiger partial charge in [-0.15, -0.1) is 0 Å². The second-order valence-electron chi connectivity index (χ2n) is 3.79. The van der Waals surface area contributed by atoms with Crippen molar-refractivity contribution in [2.45, 2.75) is 19.1 Å². The Balaban J connectivity index is 2.85. The number of hydrogen-bond donors (Lipinski definition) is 2. The molecule has 2 N–H and O–H groups in total. The van der Waals surface area contributed by atoms with Crippen molar-refractivity contribution in [1.29, 1.82) is 0 Å². The SMILES string of the molecule is Cc1ccc(C(=O)O[C@H](C(=O)O)[C@H](O)C(=O)[O-])cc1. The number of aliphatic hydroxyl groups excluding tert-OH is 1. The number of carboxylic acid groups (broad SMARTS) is 2. The zero-order chi connectivity index (χ0) is 14.6. The minimum Gasteiger partial charge on any atom is -0.547 e. The number of rotatable bonds is 5. The maximum absolute atomic E-state index is 11.6. The first-order valence-electron chi connectivity index (χ1n) is 5.22. The molecule has 0 saturated carbocycles. The van der Waals surface area contributed by atoms with E-state index in [0.717, 1.165) is 5.56 Å². The number of aryl methyl sites for hydroxylation is 1. The van der Waals surface area contributed by atoms with Crippen LogP contribution in [0.2, 0.25) is 0 Å². The van der Waals surface area contributed by atoms with Gasteiger partial charge in [0.1, 0.15) is 6.10 Å². The first-order chi connectivity index (χ1) is 8.82. The van der Waals surface area contributed by atoms with Gasteiger partial charge in [0.25, 0.3) is 0 Å². The number of aliphatic carboxylic acids is 2. The fourth-order valence-corrected chi connectivity index (χ4v) is 1.25. The fourth-order valence-electron chi connectivity index (χ4n) is 1.25. The van der Waals surface area contributed by atoms with Gasteiger partial charge >= 0.3 is 11.9 Å². The topological polar surface area (TPSA) is 124 Å². The van der Waals surface area contributed by atoms with Crippen molar-refractivity contribution >= 4 is 17.9 Å². The van der Waals surface area contributed by atoms with Gasteiger partial charge in [0.2, 0.25) is 6.10 Å². The summed E-state index contributed by atoms with van der Waals surface area (Å²) in [7, 11) is 0. The summed E-state index contributed by atoms with van der Waals surface area (Å²) in [6, 6.07) is 5.98. The molecule has 0 bridgehead atoms. The van der Waals surface area contributed by atoms with E-state index in [1.54, 1.807) is 19.1 Å². The Morgan fingerprint density at radius 1 is 1.21 bits per heavy atom. The molecule has 1 rings (SSSR count). The highest BCUT2D eigenvalue weighted by Crippen LogP contribution is 2.09. The lowest BCUT2D eigenvalue weighted by Crippen LogP contribution is -2.48. The van der Waals surface area contributed by atoms with Crippen LogP contribution < -0.4 is 5.11 Å². The number of esters is 1. The summed E-state index contributed by atoms with van der Waals surface area (Å²) in [4.78, 5) is 32.7. The molecule has 1 aromatic rings. The fraction of sp³-hybridized carbons (Fsp3) is 0.250. The van der Waals surface area contributed by atoms with Crippen molar-refractivity contribution in [1.82, 2.24) is 0 Å². The Labute approximate surface area is 108 Å². The van der Waals surface area contributed by atoms with Crippen LogP contribution in [0.15, 0.2) is 24.3 Å². The predicted octanol–water partition coefficient (Wildman–Crippen LogP) is -1.28. The van der Waals surface area contributed by atoms with E-state index in [1.807, 2.05) is 0 Å². The van der Waals surface area contributed by atoms with Crippen LogP contribution in [0, 0.1) is 6.92 Å². The Morgan fingerprint density at radius 3 is 2.16 bits per heavy atom. The minimum absolute atomic E-state index is 0.0439. The monoisotopic (exact) mass is 267 g/mol. The molecular weight excluding hydrogens is 256 g/mol. The molecular formula is C12H11O7-. The first kappa shape index (κ1) is 14.7. The van der Waals surface area contributed by atoms with Crippen LogP contribution in [-0.2, 0) is 14.3 Å². The molecule has 0 aliphatic heterocycles. The summed E-state index contributed by atoms with van der Waals surface area (Å²) in [5.41, 5.74) is 0.920. The van der Waals surface area contributed by atoms with Crippen LogP contribution in [0.5, 0.6) is 0 Å². The van der Waals surface area contributed by atoms with Crippen molar-refractivity contribution in [2.75, 3.05) is 0 Å². The van der Waals surface area contributed by atoms with E-state index in [-0.39, 0.29) is 5.56 Å². The third-order valence-corrected chi connectivity index (χ3v) is 2.29. The molecule has 0 aromatic heterocycles. The van der Waals surface area contributed by atoms with Gasteiger partial charge in [-0.05, 0) is 19.1 Å². The van der Waals surface area contributed by atoms with Crippen molar-refractivity contribution < 1.29 is 34.4 Å². The van der Waals surface area contributed by atoms with Gasteiger partial charge < -0.3 is 24.9 Å². The van der Waals surface area contributed by atoms with E-state index in [0.29, 0.717) is 0 Å². The zero-order valence-corrected chi connectivity index (χ0v) is 9.90. The van der Waals surface area contributed by atoms with E-state index in [1.165, 1.54) is 12.1 Å². The number of aliphatic hydroxyl groups is 1. The molecule has 0 heterocycles. The molecule has 102 valence electrons. The molecule has 0 amide bonds. The lowest BCUT2D eigenvalue weighted by atomic mass is 10.1. The molecule has 19 heavy (non-hydrogen) atoms. The van der Waals surface area contributed by atoms with Gasteiger partial charge in [-0.2, -0.15) is 0 Å². The van der Waals surface area contributed by atoms with E-state index >= 15 is 0 Å². The van der Waals surface area contributed by atoms with Gasteiger partial charge in [0.15, 0.2) is 0 Å². The zero-order valence-electron chi connectivity index (χ0n) is 9.90. The predicted molar refractivity (Wildman–Crippen MR) is 59.0 cm³/mol. The lowest BCUT2D eigenvalue weighted by Gasteiger charge is -2.20. The summed E-state index contributed by atoms with van der Waals surface area (Å²) in [6.07, 6.45) is -4.66. The molecule has 1 aromatic carbocycles. The summed E-state index contributed by atoms with van der Waals surface area (Å²) >= 11 is 0. The number of carbonyl (C=O) groups is 3. The molecule has 2 atom stereocenters. The molecule has 0 aliphatic carbocycles. The van der Waals surface area contributed by atoms with Crippen molar-refractivity contribution in [3.63, 3.8) is 0 Å². The lowest BCUT2D eigenvalue weighted by molar-refractivity contribution is -0.318. The Kier molecular flexibility index (Phi) is 4.60. The van der Waals surface area contributed by atoms with Gasteiger partial charge in [-0.25, -0.2) is 9.59 Å². The molecule has 0 fully saturated rings. The van der Waals surface area contributed by atoms with Crippen LogP contribution in [0.25, 0.3) is 0 Å². The number of ether oxygens (including phenoxy) is 1. The molecule has 0 spiro atoms. The quantitative estimate of drug-likeness (QED) is 0.636. The highest BCUT2D eigenvalue weighted by molar-refractivity contribution is 5.92. The van der Waals surface area contributed by atoms with Crippen molar-refractivity contribution in [2.24, 2.45) is 0 Å². The van der Waals surface area contributed by atoms with E-state index in [2.05, 4.69) is 4.74 Å². The van der Waals surface area contributed by atoms with Crippen LogP contribution in [0.4, 0.5) is 0 Å². The number of carbonyl (C=O) groups excluding carboxylic acids is 2. The third kappa shape index (κ3) is 3.78. The second-order valence-corrected chi connectivity index (χ2v) is 3.79. The molecule has 0 saturated heterocycles. The summed E-state index contributed by atoms with van der Waals surface area (Å²) in [5, 5.41) is 28.2. The van der Waals surface area contributed by atoms with Gasteiger partial charge in [-0.3, -0.25) is 0 Å². The summed E-state index contributed by atoms with van der Waals surface area (Å²) in [6.45, 7) is 1.79. The summed E-state index contributed by atoms with van der Waals surface area (Å²) in [5.74, 6) is -4.87. The number of hydrogen-bond acceptors (Lipinski definition) is 6. The van der Waals surface area contributed by atoms with Crippen LogP contribution in [0.3, 0.4) is 0 Å². The maximum Gasteiger partial charge on any atom is 0.348 e. The third-order valence-electron chi connectivity index (χ3n) is 2.29. The van der Waals surface area contributed by atoms with Crippen LogP contribution >= 0.6 is 0 Å². The molecule has 0 radical (unpaired) electrons. The van der Waals surface area contributed by atoms with E-state index < -0.39 is 30.1 Å². The minimum atomic E-state index is -2.44. The molecule has 7 nitrogen and oxygen atoms in total. The molecule has 0 unspecified atom stereocenters. The number of benzene rings is 1. The van der Waals surface area contributed by atoms with Gasteiger partial charge in [0.05, 0.1) is 11.5 Å². The van der Waals surface area contributed by atoms with E-state index in [9.17, 15) is 19.5 Å². The standard InChI is InChI=1S/C12H12O7/c1-6-2-4-7(5-3-6)12(18)19-9(11(16)17)8(13)10(14)15/h2-5,8-9,13H,1H3,(H,14,15)(H,16,17)/p-1/t8-,9-/m0/s1. The normalized spacial score (nSPS) is 13.4. The summed E-state index contributed by atoms with van der Waals surface area (Å²) < 4.78 is 4.45. The first-order valence-corrected chi connectivity index (χ1v) is 5.22. The van der Waals surface area contributed by atoms with Gasteiger partial charge in [-0.1, -0.05) is 17.7 Å². The number of carboxylic acids is 2. The average Bonchev–Trinajstić information content (AvgIpc) is 2.35. The Morgan fingerprint density at radius 2 is 1.74 bits per heavy atom. The van der Waals surface area contributed by atoms with Crippen molar-refractivity contribution in [3.05, 3.63) is 35.4 Å². The largest absolute Gasteiger partial charge is 0.547 e. The molecule has 7 heteroatoms. The smallest absolute Gasteiger partial charge is 0.348 e. The maximum atomic E-state index is 11.6. The Bertz CT molecular complexity index is 491.